The van der Waals surface area contributed by atoms with Crippen LogP contribution in [0, 0.1) is 0 Å². The second-order valence-corrected chi connectivity index (χ2v) is 6.12. The number of hydrogen-bond donors (Lipinski definition) is 3. The standard InChI is InChI=1S/C15H30N2O4/c1-15(2,3)21-14(20)17-11-9-7-5-4-6-8-10-16-12-13(18)19/h16H,4-12H2,1-3H3,(H,17,20)(H,18,19). The van der Waals surface area contributed by atoms with Crippen molar-refractivity contribution in [1.82, 2.24) is 10.6 Å². The number of unbranched alkanes of at least 4 members (excludes halogenated alkanes) is 5. The largest absolute Gasteiger partial charge is 0.480 e. The number of hydrogen-bond acceptors (Lipinski definition) is 4. The predicted octanol–water partition coefficient (Wildman–Crippen LogP) is 2.53. The molecular weight excluding hydrogens is 272 g/mol. The fourth-order valence-corrected chi connectivity index (χ4v) is 1.78. The minimum atomic E-state index is -0.813. The van der Waals surface area contributed by atoms with Crippen LogP contribution in [-0.4, -0.2) is 42.4 Å². The summed E-state index contributed by atoms with van der Waals surface area (Å²) in [6, 6.07) is 0. The van der Waals surface area contributed by atoms with Gasteiger partial charge in [-0.15, -0.1) is 0 Å². The molecule has 0 saturated carbocycles. The Kier molecular flexibility index (Phi) is 10.7. The molecule has 21 heavy (non-hydrogen) atoms. The second-order valence-electron chi connectivity index (χ2n) is 6.12. The molecule has 0 rings (SSSR count). The van der Waals surface area contributed by atoms with Crippen molar-refractivity contribution >= 4 is 12.1 Å². The van der Waals surface area contributed by atoms with E-state index < -0.39 is 11.6 Å². The van der Waals surface area contributed by atoms with Crippen LogP contribution in [0.4, 0.5) is 4.79 Å². The van der Waals surface area contributed by atoms with Crippen LogP contribution >= 0.6 is 0 Å². The molecule has 0 radical (unpaired) electrons. The number of carboxylic acids is 1. The maximum Gasteiger partial charge on any atom is 0.407 e. The van der Waals surface area contributed by atoms with Crippen molar-refractivity contribution in [3.63, 3.8) is 0 Å². The minimum Gasteiger partial charge on any atom is -0.480 e. The van der Waals surface area contributed by atoms with Gasteiger partial charge in [0.25, 0.3) is 0 Å². The number of aliphatic carboxylic acids is 1. The molecule has 0 atom stereocenters. The van der Waals surface area contributed by atoms with Gasteiger partial charge in [-0.1, -0.05) is 25.7 Å². The van der Waals surface area contributed by atoms with E-state index in [1.54, 1.807) is 0 Å². The lowest BCUT2D eigenvalue weighted by Crippen LogP contribution is -2.32. The van der Waals surface area contributed by atoms with E-state index in [9.17, 15) is 9.59 Å². The van der Waals surface area contributed by atoms with E-state index in [-0.39, 0.29) is 12.6 Å². The van der Waals surface area contributed by atoms with Gasteiger partial charge < -0.3 is 20.5 Å². The number of carbonyl (C=O) groups excluding carboxylic acids is 1. The summed E-state index contributed by atoms with van der Waals surface area (Å²) >= 11 is 0. The first kappa shape index (κ1) is 19.7. The Morgan fingerprint density at radius 2 is 1.48 bits per heavy atom. The van der Waals surface area contributed by atoms with Crippen molar-refractivity contribution in [3.8, 4) is 0 Å². The monoisotopic (exact) mass is 302 g/mol. The molecule has 0 saturated heterocycles. The van der Waals surface area contributed by atoms with Crippen molar-refractivity contribution in [2.24, 2.45) is 0 Å². The topological polar surface area (TPSA) is 87.7 Å². The fraction of sp³-hybridized carbons (Fsp3) is 0.867. The summed E-state index contributed by atoms with van der Waals surface area (Å²) in [6.07, 6.45) is 6.06. The molecule has 0 aromatic heterocycles. The number of rotatable bonds is 11. The Morgan fingerprint density at radius 1 is 0.952 bits per heavy atom. The van der Waals surface area contributed by atoms with E-state index in [1.165, 1.54) is 0 Å². The lowest BCUT2D eigenvalue weighted by atomic mass is 10.1. The molecule has 0 spiro atoms. The van der Waals surface area contributed by atoms with Gasteiger partial charge in [-0.05, 0) is 40.2 Å². The smallest absolute Gasteiger partial charge is 0.407 e. The molecule has 0 aromatic rings. The van der Waals surface area contributed by atoms with Crippen molar-refractivity contribution in [2.45, 2.75) is 64.9 Å². The van der Waals surface area contributed by atoms with Gasteiger partial charge in [-0.2, -0.15) is 0 Å². The average Bonchev–Trinajstić information content (AvgIpc) is 2.33. The van der Waals surface area contributed by atoms with Crippen LogP contribution in [0.1, 0.15) is 59.3 Å². The van der Waals surface area contributed by atoms with Gasteiger partial charge in [0.05, 0.1) is 6.54 Å². The first-order valence-electron chi connectivity index (χ1n) is 7.70. The molecular formula is C15H30N2O4. The molecule has 3 N–H and O–H groups in total. The zero-order valence-corrected chi connectivity index (χ0v) is 13.5. The minimum absolute atomic E-state index is 0.0380. The normalized spacial score (nSPS) is 11.2. The third kappa shape index (κ3) is 16.6. The van der Waals surface area contributed by atoms with E-state index in [1.807, 2.05) is 20.8 Å². The number of carboxylic acid groups (broad SMARTS) is 1. The van der Waals surface area contributed by atoms with Crippen LogP contribution in [0.25, 0.3) is 0 Å². The van der Waals surface area contributed by atoms with Crippen LogP contribution in [0.5, 0.6) is 0 Å². The maximum atomic E-state index is 11.4. The van der Waals surface area contributed by atoms with Crippen LogP contribution < -0.4 is 10.6 Å². The number of ether oxygens (including phenoxy) is 1. The van der Waals surface area contributed by atoms with Crippen molar-refractivity contribution < 1.29 is 19.4 Å². The quantitative estimate of drug-likeness (QED) is 0.510. The molecule has 0 aliphatic heterocycles. The molecule has 6 heteroatoms. The molecule has 0 fully saturated rings. The van der Waals surface area contributed by atoms with Crippen molar-refractivity contribution in [1.29, 1.82) is 0 Å². The number of nitrogens with one attached hydrogen (secondary N) is 2. The number of carbonyl (C=O) groups is 2. The molecule has 124 valence electrons. The zero-order chi connectivity index (χ0) is 16.1. The van der Waals surface area contributed by atoms with E-state index in [4.69, 9.17) is 9.84 Å². The Balaban J connectivity index is 3.22. The highest BCUT2D eigenvalue weighted by Crippen LogP contribution is 2.07. The summed E-state index contributed by atoms with van der Waals surface area (Å²) in [5, 5.41) is 14.0. The van der Waals surface area contributed by atoms with Crippen molar-refractivity contribution in [3.05, 3.63) is 0 Å². The van der Waals surface area contributed by atoms with Crippen LogP contribution in [0.2, 0.25) is 0 Å². The van der Waals surface area contributed by atoms with E-state index in [2.05, 4.69) is 10.6 Å². The van der Waals surface area contributed by atoms with E-state index >= 15 is 0 Å². The molecule has 0 aliphatic carbocycles. The van der Waals surface area contributed by atoms with Gasteiger partial charge in [0.2, 0.25) is 0 Å². The van der Waals surface area contributed by atoms with Gasteiger partial charge in [0, 0.05) is 6.54 Å². The molecule has 1 amide bonds. The van der Waals surface area contributed by atoms with Crippen LogP contribution in [0.15, 0.2) is 0 Å². The Hall–Kier alpha value is -1.30. The summed E-state index contributed by atoms with van der Waals surface area (Å²) in [5.74, 6) is -0.813. The number of alkyl carbamates (subject to hydrolysis) is 1. The molecule has 0 aliphatic rings. The Morgan fingerprint density at radius 3 is 2.00 bits per heavy atom. The maximum absolute atomic E-state index is 11.4. The zero-order valence-electron chi connectivity index (χ0n) is 13.5. The molecule has 6 nitrogen and oxygen atoms in total. The highest BCUT2D eigenvalue weighted by molar-refractivity contribution is 5.69. The van der Waals surface area contributed by atoms with E-state index in [0.717, 1.165) is 45.1 Å². The summed E-state index contributed by atoms with van der Waals surface area (Å²) in [7, 11) is 0. The average molecular weight is 302 g/mol. The second kappa shape index (κ2) is 11.4. The van der Waals surface area contributed by atoms with Gasteiger partial charge in [-0.25, -0.2) is 4.79 Å². The van der Waals surface area contributed by atoms with Crippen LogP contribution in [-0.2, 0) is 9.53 Å². The van der Waals surface area contributed by atoms with Gasteiger partial charge in [0.15, 0.2) is 0 Å². The van der Waals surface area contributed by atoms with Crippen LogP contribution in [0.3, 0.4) is 0 Å². The molecule has 0 aromatic carbocycles. The summed E-state index contributed by atoms with van der Waals surface area (Å²) in [5.41, 5.74) is -0.446. The Labute approximate surface area is 127 Å². The lowest BCUT2D eigenvalue weighted by Gasteiger charge is -2.19. The van der Waals surface area contributed by atoms with Crippen molar-refractivity contribution in [2.75, 3.05) is 19.6 Å². The van der Waals surface area contributed by atoms with E-state index in [0.29, 0.717) is 6.54 Å². The van der Waals surface area contributed by atoms with Gasteiger partial charge in [0.1, 0.15) is 5.60 Å². The lowest BCUT2D eigenvalue weighted by molar-refractivity contribution is -0.135. The van der Waals surface area contributed by atoms with Gasteiger partial charge >= 0.3 is 12.1 Å². The SMILES string of the molecule is CC(C)(C)OC(=O)NCCCCCCCCNCC(=O)O. The summed E-state index contributed by atoms with van der Waals surface area (Å²) in [6.45, 7) is 6.98. The highest BCUT2D eigenvalue weighted by atomic mass is 16.6. The summed E-state index contributed by atoms with van der Waals surface area (Å²) in [4.78, 5) is 21.6. The highest BCUT2D eigenvalue weighted by Gasteiger charge is 2.15. The fourth-order valence-electron chi connectivity index (χ4n) is 1.78. The summed E-state index contributed by atoms with van der Waals surface area (Å²) < 4.78 is 5.14. The first-order valence-corrected chi connectivity index (χ1v) is 7.70. The predicted molar refractivity (Wildman–Crippen MR) is 82.4 cm³/mol. The Bertz CT molecular complexity index is 301. The first-order chi connectivity index (χ1) is 9.81. The number of amides is 1. The molecule has 0 bridgehead atoms. The third-order valence-electron chi connectivity index (χ3n) is 2.72. The third-order valence-corrected chi connectivity index (χ3v) is 2.72. The molecule has 0 unspecified atom stereocenters. The molecule has 0 heterocycles. The van der Waals surface area contributed by atoms with Gasteiger partial charge in [-0.3, -0.25) is 4.79 Å².